The molecule has 9 heteroatoms. The van der Waals surface area contributed by atoms with E-state index in [4.69, 9.17) is 23.2 Å². The molecule has 104 valence electrons. The quantitative estimate of drug-likeness (QED) is 0.500. The van der Waals surface area contributed by atoms with Gasteiger partial charge in [0.15, 0.2) is 11.5 Å². The Balaban J connectivity index is 2.52. The first kappa shape index (κ1) is 14.4. The van der Waals surface area contributed by atoms with Gasteiger partial charge in [0.2, 0.25) is 0 Å². The summed E-state index contributed by atoms with van der Waals surface area (Å²) in [5, 5.41) is 0.459. The highest BCUT2D eigenvalue weighted by Gasteiger charge is 2.18. The summed E-state index contributed by atoms with van der Waals surface area (Å²) in [4.78, 5) is 44.6. The molecule has 1 aromatic carbocycles. The van der Waals surface area contributed by atoms with Crippen molar-refractivity contribution in [3.05, 3.63) is 38.2 Å². The molecule has 0 aliphatic carbocycles. The van der Waals surface area contributed by atoms with Crippen LogP contribution in [-0.2, 0) is 9.63 Å². The summed E-state index contributed by atoms with van der Waals surface area (Å²) < 4.78 is 0. The third-order valence-electron chi connectivity index (χ3n) is 2.43. The number of benzene rings is 1. The number of fused-ring (bicyclic) bond motifs is 1. The van der Waals surface area contributed by atoms with E-state index in [1.165, 1.54) is 12.1 Å². The van der Waals surface area contributed by atoms with Gasteiger partial charge in [-0.25, -0.2) is 9.78 Å². The summed E-state index contributed by atoms with van der Waals surface area (Å²) in [6.45, 7) is 0. The van der Waals surface area contributed by atoms with Gasteiger partial charge < -0.3 is 9.82 Å². The zero-order valence-electron chi connectivity index (χ0n) is 9.78. The molecule has 3 N–H and O–H groups in total. The van der Waals surface area contributed by atoms with Gasteiger partial charge >= 0.3 is 5.97 Å². The van der Waals surface area contributed by atoms with Crippen molar-refractivity contribution in [2.45, 2.75) is 6.42 Å². The molecular weight excluding hydrogens is 309 g/mol. The van der Waals surface area contributed by atoms with Crippen molar-refractivity contribution in [2.24, 2.45) is 5.90 Å². The van der Waals surface area contributed by atoms with Crippen molar-refractivity contribution in [3.63, 3.8) is 0 Å². The van der Waals surface area contributed by atoms with Crippen LogP contribution in [0.15, 0.2) is 16.9 Å². The number of aromatic nitrogens is 2. The molecule has 0 aliphatic heterocycles. The Kier molecular flexibility index (Phi) is 4.03. The molecule has 0 atom stereocenters. The predicted octanol–water partition coefficient (Wildman–Crippen LogP) is 1.22. The number of halogens is 2. The zero-order valence-corrected chi connectivity index (χ0v) is 11.3. The maximum absolute atomic E-state index is 11.7. The number of H-pyrrole nitrogens is 1. The molecule has 1 aromatic heterocycles. The third-order valence-corrected chi connectivity index (χ3v) is 3.16. The molecule has 7 nitrogen and oxygen atoms in total. The summed E-state index contributed by atoms with van der Waals surface area (Å²) in [5.74, 6) is 2.85. The number of carbonyl (C=O) groups is 2. The Morgan fingerprint density at radius 1 is 1.30 bits per heavy atom. The molecular formula is C11H7Cl2N3O4. The second-order valence-corrected chi connectivity index (χ2v) is 4.60. The van der Waals surface area contributed by atoms with Gasteiger partial charge in [-0.05, 0) is 12.1 Å². The van der Waals surface area contributed by atoms with E-state index in [0.29, 0.717) is 5.52 Å². The van der Waals surface area contributed by atoms with Crippen LogP contribution < -0.4 is 11.5 Å². The van der Waals surface area contributed by atoms with Crippen LogP contribution in [0.25, 0.3) is 11.0 Å². The van der Waals surface area contributed by atoms with E-state index in [9.17, 15) is 14.4 Å². The van der Waals surface area contributed by atoms with E-state index in [2.05, 4.69) is 20.7 Å². The number of nitrogens with one attached hydrogen (secondary N) is 1. The Morgan fingerprint density at radius 3 is 2.60 bits per heavy atom. The number of carbonyl (C=O) groups excluding carboxylic acids is 2. The minimum atomic E-state index is -0.967. The molecule has 0 amide bonds. The van der Waals surface area contributed by atoms with E-state index in [1.54, 1.807) is 0 Å². The van der Waals surface area contributed by atoms with Gasteiger partial charge in [0.1, 0.15) is 6.42 Å². The Bertz CT molecular complexity index is 772. The van der Waals surface area contributed by atoms with Crippen LogP contribution in [0.2, 0.25) is 10.0 Å². The SMILES string of the molecule is NOC(=O)CC(=O)c1nc2cc(Cl)c(Cl)cc2[nH]c1=O. The third kappa shape index (κ3) is 2.79. The summed E-state index contributed by atoms with van der Waals surface area (Å²) in [5.41, 5.74) is -0.585. The number of Topliss-reactive ketones (excluding diaryl/α,β-unsaturated/α-hetero) is 1. The van der Waals surface area contributed by atoms with Crippen LogP contribution in [-0.4, -0.2) is 21.7 Å². The lowest BCUT2D eigenvalue weighted by Gasteiger charge is -2.03. The van der Waals surface area contributed by atoms with Crippen LogP contribution >= 0.6 is 23.2 Å². The smallest absolute Gasteiger partial charge is 0.332 e. The Labute approximate surface area is 121 Å². The van der Waals surface area contributed by atoms with Gasteiger partial charge in [0.05, 0.1) is 21.1 Å². The highest BCUT2D eigenvalue weighted by molar-refractivity contribution is 6.42. The number of rotatable bonds is 3. The van der Waals surface area contributed by atoms with E-state index < -0.39 is 29.4 Å². The monoisotopic (exact) mass is 315 g/mol. The van der Waals surface area contributed by atoms with Crippen LogP contribution in [0.4, 0.5) is 0 Å². The average molecular weight is 316 g/mol. The molecule has 0 radical (unpaired) electrons. The number of aromatic amines is 1. The van der Waals surface area contributed by atoms with E-state index in [1.807, 2.05) is 0 Å². The van der Waals surface area contributed by atoms with Crippen molar-refractivity contribution < 1.29 is 14.4 Å². The molecule has 0 spiro atoms. The van der Waals surface area contributed by atoms with Gasteiger partial charge in [-0.15, -0.1) is 0 Å². The predicted molar refractivity (Wildman–Crippen MR) is 71.6 cm³/mol. The number of hydrogen-bond acceptors (Lipinski definition) is 6. The second kappa shape index (κ2) is 5.58. The molecule has 1 heterocycles. The largest absolute Gasteiger partial charge is 0.373 e. The lowest BCUT2D eigenvalue weighted by molar-refractivity contribution is -0.143. The van der Waals surface area contributed by atoms with Gasteiger partial charge in [-0.2, -0.15) is 5.90 Å². The normalized spacial score (nSPS) is 10.6. The molecule has 0 bridgehead atoms. The van der Waals surface area contributed by atoms with Gasteiger partial charge in [-0.3, -0.25) is 9.59 Å². The molecule has 0 aliphatic rings. The fourth-order valence-electron chi connectivity index (χ4n) is 1.53. The number of hydrogen-bond donors (Lipinski definition) is 2. The van der Waals surface area contributed by atoms with Gasteiger partial charge in [-0.1, -0.05) is 23.2 Å². The summed E-state index contributed by atoms with van der Waals surface area (Å²) in [6.07, 6.45) is -0.681. The lowest BCUT2D eigenvalue weighted by Crippen LogP contribution is -2.23. The minimum absolute atomic E-state index is 0.221. The lowest BCUT2D eigenvalue weighted by atomic mass is 10.2. The highest BCUT2D eigenvalue weighted by Crippen LogP contribution is 2.25. The average Bonchev–Trinajstić information content (AvgIpc) is 2.39. The molecule has 0 fully saturated rings. The van der Waals surface area contributed by atoms with Crippen LogP contribution in [0.1, 0.15) is 16.9 Å². The first-order valence-electron chi connectivity index (χ1n) is 5.24. The summed E-state index contributed by atoms with van der Waals surface area (Å²) in [7, 11) is 0. The van der Waals surface area contributed by atoms with E-state index >= 15 is 0 Å². The van der Waals surface area contributed by atoms with E-state index in [-0.39, 0.29) is 15.6 Å². The Hall–Kier alpha value is -1.96. The number of nitrogens with zero attached hydrogens (tertiary/aromatic N) is 1. The zero-order chi connectivity index (χ0) is 14.9. The van der Waals surface area contributed by atoms with E-state index in [0.717, 1.165) is 0 Å². The fraction of sp³-hybridized carbons (Fsp3) is 0.0909. The molecule has 2 rings (SSSR count). The second-order valence-electron chi connectivity index (χ2n) is 3.79. The molecule has 0 unspecified atom stereocenters. The van der Waals surface area contributed by atoms with Crippen molar-refractivity contribution in [1.82, 2.24) is 9.97 Å². The first-order valence-corrected chi connectivity index (χ1v) is 6.00. The maximum atomic E-state index is 11.7. The molecule has 20 heavy (non-hydrogen) atoms. The van der Waals surface area contributed by atoms with Crippen LogP contribution in [0.5, 0.6) is 0 Å². The Morgan fingerprint density at radius 2 is 1.95 bits per heavy atom. The standard InChI is InChI=1S/C11H7Cl2N3O4/c12-4-1-6-7(2-5(4)13)16-11(19)10(15-6)8(17)3-9(18)20-14/h1-2H,3,14H2,(H,16,19). The fourth-order valence-corrected chi connectivity index (χ4v) is 1.85. The van der Waals surface area contributed by atoms with Crippen LogP contribution in [0.3, 0.4) is 0 Å². The number of ketones is 1. The maximum Gasteiger partial charge on any atom is 0.332 e. The summed E-state index contributed by atoms with van der Waals surface area (Å²) >= 11 is 11.6. The van der Waals surface area contributed by atoms with Crippen molar-refractivity contribution >= 4 is 46.0 Å². The molecule has 2 aromatic rings. The highest BCUT2D eigenvalue weighted by atomic mass is 35.5. The molecule has 0 saturated carbocycles. The van der Waals surface area contributed by atoms with Crippen LogP contribution in [0, 0.1) is 0 Å². The van der Waals surface area contributed by atoms with Crippen molar-refractivity contribution in [1.29, 1.82) is 0 Å². The van der Waals surface area contributed by atoms with Gasteiger partial charge in [0, 0.05) is 0 Å². The van der Waals surface area contributed by atoms with Crippen molar-refractivity contribution in [2.75, 3.05) is 0 Å². The van der Waals surface area contributed by atoms with Gasteiger partial charge in [0.25, 0.3) is 5.56 Å². The first-order chi connectivity index (χ1) is 9.42. The minimum Gasteiger partial charge on any atom is -0.373 e. The molecule has 0 saturated heterocycles. The van der Waals surface area contributed by atoms with Crippen molar-refractivity contribution in [3.8, 4) is 0 Å². The summed E-state index contributed by atoms with van der Waals surface area (Å²) in [6, 6.07) is 2.81. The topological polar surface area (TPSA) is 115 Å². The number of nitrogens with two attached hydrogens (primary N) is 1.